The van der Waals surface area contributed by atoms with E-state index in [0.29, 0.717) is 18.5 Å². The van der Waals surface area contributed by atoms with E-state index in [4.69, 9.17) is 0 Å². The molecule has 1 aromatic carbocycles. The summed E-state index contributed by atoms with van der Waals surface area (Å²) in [6.07, 6.45) is 1.41. The second kappa shape index (κ2) is 5.54. The van der Waals surface area contributed by atoms with Crippen LogP contribution in [-0.4, -0.2) is 21.5 Å². The van der Waals surface area contributed by atoms with E-state index < -0.39 is 0 Å². The molecule has 2 amide bonds. The highest BCUT2D eigenvalue weighted by Crippen LogP contribution is 2.44. The maximum atomic E-state index is 12.5. The Labute approximate surface area is 142 Å². The maximum Gasteiger partial charge on any atom is 0.237 e. The van der Waals surface area contributed by atoms with Crippen LogP contribution in [0.1, 0.15) is 12.8 Å². The minimum Gasteiger partial charge on any atom is -0.274 e. The Morgan fingerprint density at radius 3 is 1.80 bits per heavy atom. The van der Waals surface area contributed by atoms with E-state index in [2.05, 4.69) is 47.8 Å². The lowest BCUT2D eigenvalue weighted by Gasteiger charge is -2.29. The molecule has 1 aliphatic carbocycles. The molecule has 4 unspecified atom stereocenters. The zero-order valence-electron chi connectivity index (χ0n) is 10.4. The molecule has 1 aliphatic heterocycles. The number of hydrogen-bond acceptors (Lipinski definition) is 2. The van der Waals surface area contributed by atoms with E-state index in [1.54, 1.807) is 12.1 Å². The monoisotopic (exact) mass is 463 g/mol. The van der Waals surface area contributed by atoms with Crippen molar-refractivity contribution in [3.8, 4) is 0 Å². The predicted molar refractivity (Wildman–Crippen MR) is 88.3 cm³/mol. The zero-order chi connectivity index (χ0) is 14.4. The summed E-state index contributed by atoms with van der Waals surface area (Å²) in [4.78, 5) is 26.9. The first-order chi connectivity index (χ1) is 9.49. The van der Waals surface area contributed by atoms with Gasteiger partial charge in [-0.1, -0.05) is 47.8 Å². The van der Waals surface area contributed by atoms with Gasteiger partial charge < -0.3 is 0 Å². The smallest absolute Gasteiger partial charge is 0.237 e. The molecule has 6 heteroatoms. The number of amides is 2. The number of hydrogen-bond donors (Lipinski definition) is 0. The van der Waals surface area contributed by atoms with Crippen LogP contribution >= 0.6 is 47.8 Å². The molecule has 3 rings (SSSR count). The number of carbonyl (C=O) groups excluding carboxylic acids is 2. The number of rotatable bonds is 1. The van der Waals surface area contributed by atoms with Crippen molar-refractivity contribution in [1.82, 2.24) is 0 Å². The molecule has 0 aromatic heterocycles. The summed E-state index contributed by atoms with van der Waals surface area (Å²) >= 11 is 10.5. The van der Waals surface area contributed by atoms with Gasteiger partial charge in [-0.05, 0) is 37.1 Å². The fraction of sp³-hybridized carbons (Fsp3) is 0.429. The average molecular weight is 466 g/mol. The van der Waals surface area contributed by atoms with Crippen LogP contribution in [-0.2, 0) is 9.59 Å². The number of carbonyl (C=O) groups is 2. The minimum atomic E-state index is -0.190. The lowest BCUT2D eigenvalue weighted by atomic mass is 9.81. The largest absolute Gasteiger partial charge is 0.274 e. The lowest BCUT2D eigenvalue weighted by molar-refractivity contribution is -0.122. The molecule has 4 atom stereocenters. The van der Waals surface area contributed by atoms with Gasteiger partial charge in [-0.3, -0.25) is 14.5 Å². The first-order valence-electron chi connectivity index (χ1n) is 6.40. The number of benzene rings is 1. The van der Waals surface area contributed by atoms with Crippen molar-refractivity contribution in [3.63, 3.8) is 0 Å². The van der Waals surface area contributed by atoms with Gasteiger partial charge in [0.15, 0.2) is 0 Å². The third kappa shape index (κ3) is 2.40. The third-order valence-electron chi connectivity index (χ3n) is 4.00. The van der Waals surface area contributed by atoms with Crippen molar-refractivity contribution in [3.05, 3.63) is 28.7 Å². The van der Waals surface area contributed by atoms with Gasteiger partial charge in [-0.15, -0.1) is 0 Å². The molecule has 0 bridgehead atoms. The summed E-state index contributed by atoms with van der Waals surface area (Å²) in [5.74, 6) is -0.508. The molecule has 20 heavy (non-hydrogen) atoms. The summed E-state index contributed by atoms with van der Waals surface area (Å²) in [6, 6.07) is 7.29. The van der Waals surface area contributed by atoms with Gasteiger partial charge in [-0.2, -0.15) is 0 Å². The topological polar surface area (TPSA) is 37.4 Å². The van der Waals surface area contributed by atoms with Crippen LogP contribution in [0.15, 0.2) is 28.7 Å². The number of anilines is 1. The molecule has 0 radical (unpaired) electrons. The standard InChI is InChI=1S/C14H12Br3NO2/c15-7-1-3-8(4-2-7)18-13(19)9-5-11(16)12(17)6-10(9)14(18)20/h1-4,9-12H,5-6H2. The van der Waals surface area contributed by atoms with Crippen LogP contribution < -0.4 is 4.90 Å². The Morgan fingerprint density at radius 2 is 1.35 bits per heavy atom. The number of fused-ring (bicyclic) bond motifs is 1. The zero-order valence-corrected chi connectivity index (χ0v) is 15.2. The molecule has 2 aliphatic rings. The Kier molecular flexibility index (Phi) is 4.08. The molecule has 2 fully saturated rings. The summed E-state index contributed by atoms with van der Waals surface area (Å²) in [5, 5.41) is 0. The molecule has 106 valence electrons. The Bertz CT molecular complexity index is 532. The lowest BCUT2D eigenvalue weighted by Crippen LogP contribution is -2.34. The van der Waals surface area contributed by atoms with Gasteiger partial charge >= 0.3 is 0 Å². The average Bonchev–Trinajstić information content (AvgIpc) is 2.65. The van der Waals surface area contributed by atoms with E-state index in [1.807, 2.05) is 12.1 Å². The molecular weight excluding hydrogens is 454 g/mol. The second-order valence-electron chi connectivity index (χ2n) is 5.20. The fourth-order valence-corrected chi connectivity index (χ4v) is 4.44. The molecule has 1 saturated carbocycles. The highest BCUT2D eigenvalue weighted by atomic mass is 79.9. The number of imide groups is 1. The van der Waals surface area contributed by atoms with Crippen molar-refractivity contribution in [1.29, 1.82) is 0 Å². The quantitative estimate of drug-likeness (QED) is 0.466. The molecule has 1 aromatic rings. The maximum absolute atomic E-state index is 12.5. The SMILES string of the molecule is O=C1C2CC(Br)C(Br)CC2C(=O)N1c1ccc(Br)cc1. The van der Waals surface area contributed by atoms with Crippen LogP contribution in [0.2, 0.25) is 0 Å². The van der Waals surface area contributed by atoms with Crippen LogP contribution in [0.3, 0.4) is 0 Å². The van der Waals surface area contributed by atoms with E-state index in [0.717, 1.165) is 4.47 Å². The number of nitrogens with zero attached hydrogens (tertiary/aromatic N) is 1. The van der Waals surface area contributed by atoms with E-state index in [1.165, 1.54) is 4.90 Å². The minimum absolute atomic E-state index is 0.0637. The summed E-state index contributed by atoms with van der Waals surface area (Å²) < 4.78 is 0.929. The highest BCUT2D eigenvalue weighted by molar-refractivity contribution is 9.12. The van der Waals surface area contributed by atoms with Gasteiger partial charge in [-0.25, -0.2) is 0 Å². The van der Waals surface area contributed by atoms with Crippen molar-refractivity contribution >= 4 is 65.3 Å². The van der Waals surface area contributed by atoms with Crippen molar-refractivity contribution in [2.24, 2.45) is 11.8 Å². The molecule has 1 heterocycles. The fourth-order valence-electron chi connectivity index (χ4n) is 2.94. The van der Waals surface area contributed by atoms with Gasteiger partial charge in [0.25, 0.3) is 0 Å². The van der Waals surface area contributed by atoms with Crippen LogP contribution in [0.4, 0.5) is 5.69 Å². The first kappa shape index (κ1) is 14.7. The highest BCUT2D eigenvalue weighted by Gasteiger charge is 2.52. The molecule has 1 saturated heterocycles. The van der Waals surface area contributed by atoms with Gasteiger partial charge in [0, 0.05) is 14.1 Å². The molecule has 3 nitrogen and oxygen atoms in total. The predicted octanol–water partition coefficient (Wildman–Crippen LogP) is 3.88. The molecule has 0 N–H and O–H groups in total. The second-order valence-corrected chi connectivity index (χ2v) is 8.47. The van der Waals surface area contributed by atoms with Crippen LogP contribution in [0, 0.1) is 11.8 Å². The number of halogens is 3. The van der Waals surface area contributed by atoms with Crippen LogP contribution in [0.5, 0.6) is 0 Å². The Morgan fingerprint density at radius 1 is 0.900 bits per heavy atom. The third-order valence-corrected chi connectivity index (χ3v) is 7.26. The van der Waals surface area contributed by atoms with E-state index in [-0.39, 0.29) is 33.3 Å². The van der Waals surface area contributed by atoms with Gasteiger partial charge in [0.05, 0.1) is 17.5 Å². The van der Waals surface area contributed by atoms with Gasteiger partial charge in [0.2, 0.25) is 11.8 Å². The Balaban J connectivity index is 1.93. The van der Waals surface area contributed by atoms with Crippen molar-refractivity contribution in [2.45, 2.75) is 22.5 Å². The van der Waals surface area contributed by atoms with E-state index in [9.17, 15) is 9.59 Å². The first-order valence-corrected chi connectivity index (χ1v) is 9.03. The Hall–Kier alpha value is -0.200. The summed E-state index contributed by atoms with van der Waals surface area (Å²) in [6.45, 7) is 0. The van der Waals surface area contributed by atoms with Crippen molar-refractivity contribution < 1.29 is 9.59 Å². The summed E-state index contributed by atoms with van der Waals surface area (Å²) in [5.41, 5.74) is 0.662. The summed E-state index contributed by atoms with van der Waals surface area (Å²) in [7, 11) is 0. The normalized spacial score (nSPS) is 33.5. The number of alkyl halides is 2. The van der Waals surface area contributed by atoms with Gasteiger partial charge in [0.1, 0.15) is 0 Å². The van der Waals surface area contributed by atoms with Crippen LogP contribution in [0.25, 0.3) is 0 Å². The molecular formula is C14H12Br3NO2. The van der Waals surface area contributed by atoms with E-state index >= 15 is 0 Å². The van der Waals surface area contributed by atoms with Crippen molar-refractivity contribution in [2.75, 3.05) is 4.90 Å². The molecule has 0 spiro atoms.